The molecule has 2 aromatic rings. The molecule has 2 rings (SSSR count). The van der Waals surface area contributed by atoms with Crippen molar-refractivity contribution in [3.63, 3.8) is 0 Å². The molecular formula is C27H37Cl2N3O4S. The molecule has 2 amide bonds. The summed E-state index contributed by atoms with van der Waals surface area (Å²) in [5, 5.41) is 3.57. The van der Waals surface area contributed by atoms with Crippen LogP contribution < -0.4 is 9.62 Å². The number of carbonyl (C=O) groups excluding carboxylic acids is 2. The van der Waals surface area contributed by atoms with E-state index < -0.39 is 28.5 Å². The minimum Gasteiger partial charge on any atom is -0.352 e. The summed E-state index contributed by atoms with van der Waals surface area (Å²) in [6, 6.07) is 11.0. The van der Waals surface area contributed by atoms with Crippen molar-refractivity contribution in [2.45, 2.75) is 72.0 Å². The molecule has 0 spiro atoms. The van der Waals surface area contributed by atoms with Crippen molar-refractivity contribution >= 4 is 50.7 Å². The number of hydrogen-bond acceptors (Lipinski definition) is 4. The third-order valence-corrected chi connectivity index (χ3v) is 8.11. The van der Waals surface area contributed by atoms with Crippen molar-refractivity contribution in [2.75, 3.05) is 17.1 Å². The summed E-state index contributed by atoms with van der Waals surface area (Å²) in [7, 11) is -3.82. The predicted octanol–water partition coefficient (Wildman–Crippen LogP) is 5.39. The molecule has 0 aliphatic rings. The number of amides is 2. The van der Waals surface area contributed by atoms with E-state index in [0.29, 0.717) is 21.3 Å². The molecule has 1 N–H and O–H groups in total. The van der Waals surface area contributed by atoms with Gasteiger partial charge in [0.1, 0.15) is 12.6 Å². The number of carbonyl (C=O) groups is 2. The fourth-order valence-corrected chi connectivity index (χ4v) is 5.01. The maximum absolute atomic E-state index is 13.7. The minimum absolute atomic E-state index is 0.0625. The Labute approximate surface area is 231 Å². The average molecular weight is 571 g/mol. The lowest BCUT2D eigenvalue weighted by Gasteiger charge is -2.32. The second kappa shape index (κ2) is 12.5. The molecule has 2 atom stereocenters. The van der Waals surface area contributed by atoms with Gasteiger partial charge in [-0.3, -0.25) is 13.9 Å². The van der Waals surface area contributed by atoms with Crippen molar-refractivity contribution in [2.24, 2.45) is 0 Å². The third-order valence-electron chi connectivity index (χ3n) is 6.26. The quantitative estimate of drug-likeness (QED) is 0.415. The van der Waals surface area contributed by atoms with E-state index in [9.17, 15) is 18.0 Å². The van der Waals surface area contributed by atoms with E-state index in [4.69, 9.17) is 23.2 Å². The summed E-state index contributed by atoms with van der Waals surface area (Å²) in [6.45, 7) is 11.0. The van der Waals surface area contributed by atoms with Gasteiger partial charge in [-0.25, -0.2) is 8.42 Å². The van der Waals surface area contributed by atoms with Crippen LogP contribution in [0.15, 0.2) is 42.5 Å². The Morgan fingerprint density at radius 2 is 1.54 bits per heavy atom. The molecule has 7 nitrogen and oxygen atoms in total. The van der Waals surface area contributed by atoms with Gasteiger partial charge in [0, 0.05) is 28.2 Å². The monoisotopic (exact) mass is 569 g/mol. The molecule has 0 fully saturated rings. The molecule has 0 saturated carbocycles. The fraction of sp³-hybridized carbons (Fsp3) is 0.481. The zero-order valence-corrected chi connectivity index (χ0v) is 24.8. The van der Waals surface area contributed by atoms with Gasteiger partial charge in [-0.1, -0.05) is 69.1 Å². The number of rotatable bonds is 10. The van der Waals surface area contributed by atoms with Crippen molar-refractivity contribution in [1.82, 2.24) is 10.2 Å². The van der Waals surface area contributed by atoms with Gasteiger partial charge < -0.3 is 10.2 Å². The topological polar surface area (TPSA) is 86.8 Å². The van der Waals surface area contributed by atoms with Crippen LogP contribution in [-0.2, 0) is 31.6 Å². The Morgan fingerprint density at radius 1 is 1.00 bits per heavy atom. The zero-order chi connectivity index (χ0) is 28.1. The van der Waals surface area contributed by atoms with Crippen LogP contribution in [0.4, 0.5) is 5.69 Å². The minimum atomic E-state index is -3.82. The van der Waals surface area contributed by atoms with E-state index in [0.717, 1.165) is 22.5 Å². The molecular weight excluding hydrogens is 533 g/mol. The number of nitrogens with zero attached hydrogens (tertiary/aromatic N) is 2. The van der Waals surface area contributed by atoms with E-state index in [1.165, 1.54) is 4.90 Å². The highest BCUT2D eigenvalue weighted by Gasteiger charge is 2.31. The lowest BCUT2D eigenvalue weighted by Crippen LogP contribution is -2.52. The van der Waals surface area contributed by atoms with Crippen LogP contribution in [0.2, 0.25) is 10.0 Å². The van der Waals surface area contributed by atoms with Gasteiger partial charge in [-0.05, 0) is 55.5 Å². The van der Waals surface area contributed by atoms with Gasteiger partial charge in [0.15, 0.2) is 0 Å². The highest BCUT2D eigenvalue weighted by molar-refractivity contribution is 7.92. The number of benzene rings is 2. The highest BCUT2D eigenvalue weighted by atomic mass is 35.5. The Hall–Kier alpha value is -2.29. The smallest absolute Gasteiger partial charge is 0.244 e. The molecule has 2 aromatic carbocycles. The first-order valence-electron chi connectivity index (χ1n) is 12.2. The standard InChI is InChI=1S/C27H37Cl2N3O4S/c1-8-18(2)30-26(34)19(3)31(16-22-23(28)10-9-11-24(22)29)25(33)17-32(37(7,35)36)21-14-12-20(13-15-21)27(4,5)6/h9-15,18-19H,8,16-17H2,1-7H3,(H,30,34)/t18-,19-/m0/s1. The number of sulfonamides is 1. The molecule has 0 saturated heterocycles. The van der Waals surface area contributed by atoms with Crippen LogP contribution in [-0.4, -0.2) is 50.0 Å². The normalized spacial score (nSPS) is 13.5. The van der Waals surface area contributed by atoms with Crippen molar-refractivity contribution < 1.29 is 18.0 Å². The molecule has 0 unspecified atom stereocenters. The molecule has 0 aliphatic carbocycles. The second-order valence-corrected chi connectivity index (χ2v) is 13.0. The van der Waals surface area contributed by atoms with E-state index >= 15 is 0 Å². The van der Waals surface area contributed by atoms with Crippen LogP contribution >= 0.6 is 23.2 Å². The molecule has 0 aromatic heterocycles. The summed E-state index contributed by atoms with van der Waals surface area (Å²) in [5.74, 6) is -0.917. The predicted molar refractivity (Wildman–Crippen MR) is 152 cm³/mol. The van der Waals surface area contributed by atoms with Crippen LogP contribution in [0.1, 0.15) is 59.1 Å². The van der Waals surface area contributed by atoms with Crippen LogP contribution in [0.5, 0.6) is 0 Å². The van der Waals surface area contributed by atoms with Crippen LogP contribution in [0, 0.1) is 0 Å². The van der Waals surface area contributed by atoms with E-state index in [1.54, 1.807) is 37.3 Å². The molecule has 0 bridgehead atoms. The summed E-state index contributed by atoms with van der Waals surface area (Å²) in [5.41, 5.74) is 1.74. The average Bonchev–Trinajstić information content (AvgIpc) is 2.80. The van der Waals surface area contributed by atoms with Crippen molar-refractivity contribution in [1.29, 1.82) is 0 Å². The van der Waals surface area contributed by atoms with Gasteiger partial charge in [0.05, 0.1) is 11.9 Å². The second-order valence-electron chi connectivity index (χ2n) is 10.3. The first kappa shape index (κ1) is 30.9. The molecule has 204 valence electrons. The summed E-state index contributed by atoms with van der Waals surface area (Å²) in [4.78, 5) is 28.0. The van der Waals surface area contributed by atoms with Gasteiger partial charge in [0.25, 0.3) is 0 Å². The molecule has 0 heterocycles. The van der Waals surface area contributed by atoms with E-state index in [1.807, 2.05) is 26.0 Å². The van der Waals surface area contributed by atoms with Gasteiger partial charge in [-0.2, -0.15) is 0 Å². The van der Waals surface area contributed by atoms with Gasteiger partial charge >= 0.3 is 0 Å². The number of halogens is 2. The number of hydrogen-bond donors (Lipinski definition) is 1. The SMILES string of the molecule is CC[C@H](C)NC(=O)[C@H](C)N(Cc1c(Cl)cccc1Cl)C(=O)CN(c1ccc(C(C)(C)C)cc1)S(C)(=O)=O. The third kappa shape index (κ3) is 8.35. The summed E-state index contributed by atoms with van der Waals surface area (Å²) >= 11 is 12.7. The highest BCUT2D eigenvalue weighted by Crippen LogP contribution is 2.28. The van der Waals surface area contributed by atoms with E-state index in [2.05, 4.69) is 26.1 Å². The zero-order valence-electron chi connectivity index (χ0n) is 22.5. The molecule has 0 radical (unpaired) electrons. The molecule has 37 heavy (non-hydrogen) atoms. The maximum Gasteiger partial charge on any atom is 0.244 e. The maximum atomic E-state index is 13.7. The Balaban J connectivity index is 2.46. The first-order chi connectivity index (χ1) is 17.1. The van der Waals surface area contributed by atoms with Crippen LogP contribution in [0.3, 0.4) is 0 Å². The Bertz CT molecular complexity index is 1190. The van der Waals surface area contributed by atoms with Crippen LogP contribution in [0.25, 0.3) is 0 Å². The Kier molecular flexibility index (Phi) is 10.5. The summed E-state index contributed by atoms with van der Waals surface area (Å²) in [6.07, 6.45) is 1.77. The fourth-order valence-electron chi connectivity index (χ4n) is 3.64. The van der Waals surface area contributed by atoms with Gasteiger partial charge in [-0.15, -0.1) is 0 Å². The lowest BCUT2D eigenvalue weighted by molar-refractivity contribution is -0.139. The number of anilines is 1. The van der Waals surface area contributed by atoms with E-state index in [-0.39, 0.29) is 23.9 Å². The Morgan fingerprint density at radius 3 is 2.00 bits per heavy atom. The number of nitrogens with one attached hydrogen (secondary N) is 1. The summed E-state index contributed by atoms with van der Waals surface area (Å²) < 4.78 is 26.6. The molecule has 10 heteroatoms. The molecule has 0 aliphatic heterocycles. The van der Waals surface area contributed by atoms with Gasteiger partial charge in [0.2, 0.25) is 21.8 Å². The largest absolute Gasteiger partial charge is 0.352 e. The van der Waals surface area contributed by atoms with Crippen molar-refractivity contribution in [3.05, 3.63) is 63.6 Å². The first-order valence-corrected chi connectivity index (χ1v) is 14.8. The van der Waals surface area contributed by atoms with Crippen molar-refractivity contribution in [3.8, 4) is 0 Å². The lowest BCUT2D eigenvalue weighted by atomic mass is 9.87.